The van der Waals surface area contributed by atoms with Gasteiger partial charge in [-0.1, -0.05) is 6.07 Å². The summed E-state index contributed by atoms with van der Waals surface area (Å²) < 4.78 is 0. The first-order valence-electron chi connectivity index (χ1n) is 7.09. The summed E-state index contributed by atoms with van der Waals surface area (Å²) in [7, 11) is 2.20. The topological polar surface area (TPSA) is 41.1 Å². The molecule has 0 bridgehead atoms. The van der Waals surface area contributed by atoms with E-state index in [1.807, 2.05) is 24.4 Å². The number of nitrogens with one attached hydrogen (secondary N) is 1. The molecule has 2 aromatic heterocycles. The fraction of sp³-hybridized carbons (Fsp3) is 0.467. The maximum Gasteiger partial charge on any atom is 0.142 e. The third kappa shape index (κ3) is 3.23. The molecule has 20 heavy (non-hydrogen) atoms. The quantitative estimate of drug-likeness (QED) is 0.938. The van der Waals surface area contributed by atoms with Crippen LogP contribution in [0.2, 0.25) is 0 Å². The predicted octanol–water partition coefficient (Wildman–Crippen LogP) is 2.39. The van der Waals surface area contributed by atoms with Crippen molar-refractivity contribution in [2.24, 2.45) is 0 Å². The minimum absolute atomic E-state index is 0.677. The Balaban J connectivity index is 1.65. The van der Waals surface area contributed by atoms with E-state index in [0.29, 0.717) is 6.04 Å². The average molecular weight is 288 g/mol. The van der Waals surface area contributed by atoms with Gasteiger partial charge in [0.2, 0.25) is 0 Å². The van der Waals surface area contributed by atoms with E-state index in [-0.39, 0.29) is 0 Å². The van der Waals surface area contributed by atoms with Crippen LogP contribution in [-0.2, 0) is 6.54 Å². The largest absolute Gasteiger partial charge is 0.317 e. The smallest absolute Gasteiger partial charge is 0.142 e. The average Bonchev–Trinajstić information content (AvgIpc) is 2.97. The van der Waals surface area contributed by atoms with Crippen LogP contribution in [0.25, 0.3) is 10.7 Å². The fourth-order valence-corrected chi connectivity index (χ4v) is 3.40. The molecule has 3 heterocycles. The molecule has 0 atom stereocenters. The summed E-state index contributed by atoms with van der Waals surface area (Å²) in [6, 6.07) is 6.63. The highest BCUT2D eigenvalue weighted by Gasteiger charge is 2.18. The van der Waals surface area contributed by atoms with E-state index in [9.17, 15) is 0 Å². The van der Waals surface area contributed by atoms with Gasteiger partial charge in [-0.15, -0.1) is 11.3 Å². The number of aromatic nitrogens is 2. The van der Waals surface area contributed by atoms with Gasteiger partial charge in [0.25, 0.3) is 0 Å². The van der Waals surface area contributed by atoms with Crippen LogP contribution in [0.15, 0.2) is 29.8 Å². The van der Waals surface area contributed by atoms with Crippen LogP contribution in [0, 0.1) is 0 Å². The lowest BCUT2D eigenvalue weighted by atomic mass is 10.1. The van der Waals surface area contributed by atoms with Crippen molar-refractivity contribution in [3.05, 3.63) is 35.5 Å². The summed E-state index contributed by atoms with van der Waals surface area (Å²) in [6.07, 6.45) is 4.28. The fourth-order valence-electron chi connectivity index (χ4n) is 2.62. The summed E-state index contributed by atoms with van der Waals surface area (Å²) in [5, 5.41) is 6.58. The van der Waals surface area contributed by atoms with Gasteiger partial charge in [-0.25, -0.2) is 4.98 Å². The molecular weight excluding hydrogens is 268 g/mol. The van der Waals surface area contributed by atoms with Crippen molar-refractivity contribution in [1.82, 2.24) is 20.2 Å². The van der Waals surface area contributed by atoms with Crippen molar-refractivity contribution < 1.29 is 0 Å². The minimum Gasteiger partial charge on any atom is -0.317 e. The minimum atomic E-state index is 0.677. The zero-order chi connectivity index (χ0) is 13.8. The molecule has 0 aliphatic carbocycles. The van der Waals surface area contributed by atoms with Crippen LogP contribution in [0.5, 0.6) is 0 Å². The molecule has 1 fully saturated rings. The Labute approximate surface area is 123 Å². The Morgan fingerprint density at radius 2 is 2.20 bits per heavy atom. The van der Waals surface area contributed by atoms with E-state index in [4.69, 9.17) is 4.98 Å². The van der Waals surface area contributed by atoms with Gasteiger partial charge in [-0.3, -0.25) is 9.88 Å². The molecule has 0 saturated carbocycles. The van der Waals surface area contributed by atoms with Gasteiger partial charge in [-0.2, -0.15) is 0 Å². The number of rotatable bonds is 4. The van der Waals surface area contributed by atoms with Crippen molar-refractivity contribution in [2.75, 3.05) is 20.1 Å². The molecule has 0 radical (unpaired) electrons. The molecule has 5 heteroatoms. The second kappa shape index (κ2) is 6.43. The Bertz CT molecular complexity index is 534. The first kappa shape index (κ1) is 13.7. The number of piperidine rings is 1. The SMILES string of the molecule is CN(Cc1csc(-c2ccccn2)n1)C1CCNCC1. The van der Waals surface area contributed by atoms with Crippen LogP contribution in [-0.4, -0.2) is 41.0 Å². The Morgan fingerprint density at radius 3 is 2.95 bits per heavy atom. The van der Waals surface area contributed by atoms with Gasteiger partial charge >= 0.3 is 0 Å². The Hall–Kier alpha value is -1.30. The van der Waals surface area contributed by atoms with Gasteiger partial charge < -0.3 is 5.32 Å². The third-order valence-electron chi connectivity index (χ3n) is 3.78. The zero-order valence-electron chi connectivity index (χ0n) is 11.7. The summed E-state index contributed by atoms with van der Waals surface area (Å²) in [4.78, 5) is 11.5. The molecule has 2 aromatic rings. The molecule has 0 spiro atoms. The van der Waals surface area contributed by atoms with Crippen LogP contribution in [0.1, 0.15) is 18.5 Å². The second-order valence-electron chi connectivity index (χ2n) is 5.26. The highest BCUT2D eigenvalue weighted by atomic mass is 32.1. The molecule has 0 amide bonds. The van der Waals surface area contributed by atoms with Gasteiger partial charge in [0.1, 0.15) is 5.01 Å². The summed E-state index contributed by atoms with van der Waals surface area (Å²) in [5.41, 5.74) is 2.12. The molecule has 1 aliphatic heterocycles. The number of thiazole rings is 1. The number of pyridine rings is 1. The molecule has 0 unspecified atom stereocenters. The number of hydrogen-bond acceptors (Lipinski definition) is 5. The molecule has 1 N–H and O–H groups in total. The first-order chi connectivity index (χ1) is 9.83. The molecule has 1 aliphatic rings. The highest BCUT2D eigenvalue weighted by Crippen LogP contribution is 2.22. The van der Waals surface area contributed by atoms with E-state index in [1.54, 1.807) is 11.3 Å². The van der Waals surface area contributed by atoms with Gasteiger partial charge in [0.05, 0.1) is 11.4 Å². The van der Waals surface area contributed by atoms with Crippen molar-refractivity contribution in [2.45, 2.75) is 25.4 Å². The lowest BCUT2D eigenvalue weighted by molar-refractivity contribution is 0.190. The van der Waals surface area contributed by atoms with E-state index in [0.717, 1.165) is 36.0 Å². The van der Waals surface area contributed by atoms with Crippen LogP contribution in [0.4, 0.5) is 0 Å². The molecule has 0 aromatic carbocycles. The molecule has 106 valence electrons. The first-order valence-corrected chi connectivity index (χ1v) is 7.97. The molecule has 1 saturated heterocycles. The second-order valence-corrected chi connectivity index (χ2v) is 6.11. The zero-order valence-corrected chi connectivity index (χ0v) is 12.6. The summed E-state index contributed by atoms with van der Waals surface area (Å²) in [5.74, 6) is 0. The number of nitrogens with zero attached hydrogens (tertiary/aromatic N) is 3. The van der Waals surface area contributed by atoms with Crippen molar-refractivity contribution in [3.8, 4) is 10.7 Å². The van der Waals surface area contributed by atoms with Gasteiger partial charge in [0.15, 0.2) is 0 Å². The van der Waals surface area contributed by atoms with Crippen LogP contribution >= 0.6 is 11.3 Å². The van der Waals surface area contributed by atoms with E-state index < -0.39 is 0 Å². The van der Waals surface area contributed by atoms with Crippen LogP contribution in [0.3, 0.4) is 0 Å². The van der Waals surface area contributed by atoms with E-state index in [1.165, 1.54) is 12.8 Å². The third-order valence-corrected chi connectivity index (χ3v) is 4.69. The molecular formula is C15H20N4S. The molecule has 3 rings (SSSR count). The Morgan fingerprint density at radius 1 is 1.35 bits per heavy atom. The maximum atomic E-state index is 4.71. The van der Waals surface area contributed by atoms with Crippen molar-refractivity contribution in [3.63, 3.8) is 0 Å². The monoisotopic (exact) mass is 288 g/mol. The van der Waals surface area contributed by atoms with Gasteiger partial charge in [0, 0.05) is 24.2 Å². The normalized spacial score (nSPS) is 16.7. The van der Waals surface area contributed by atoms with Gasteiger partial charge in [-0.05, 0) is 45.1 Å². The summed E-state index contributed by atoms with van der Waals surface area (Å²) >= 11 is 1.68. The number of hydrogen-bond donors (Lipinski definition) is 1. The van der Waals surface area contributed by atoms with Crippen molar-refractivity contribution in [1.29, 1.82) is 0 Å². The summed E-state index contributed by atoms with van der Waals surface area (Å²) in [6.45, 7) is 3.19. The standard InChI is InChI=1S/C15H20N4S/c1-19(13-5-8-16-9-6-13)10-12-11-20-15(18-12)14-4-2-3-7-17-14/h2-4,7,11,13,16H,5-6,8-10H2,1H3. The lowest BCUT2D eigenvalue weighted by Crippen LogP contribution is -2.40. The lowest BCUT2D eigenvalue weighted by Gasteiger charge is -2.31. The molecule has 4 nitrogen and oxygen atoms in total. The van der Waals surface area contributed by atoms with E-state index >= 15 is 0 Å². The van der Waals surface area contributed by atoms with E-state index in [2.05, 4.69) is 27.6 Å². The van der Waals surface area contributed by atoms with Crippen LogP contribution < -0.4 is 5.32 Å². The van der Waals surface area contributed by atoms with Crippen molar-refractivity contribution >= 4 is 11.3 Å². The maximum absolute atomic E-state index is 4.71. The highest BCUT2D eigenvalue weighted by molar-refractivity contribution is 7.13. The predicted molar refractivity (Wildman–Crippen MR) is 82.7 cm³/mol. The Kier molecular flexibility index (Phi) is 4.40.